The first-order valence-electron chi connectivity index (χ1n) is 4.40. The molecule has 1 aliphatic heterocycles. The summed E-state index contributed by atoms with van der Waals surface area (Å²) in [6.07, 6.45) is -4.59. The van der Waals surface area contributed by atoms with Gasteiger partial charge in [0.2, 0.25) is 5.91 Å². The van der Waals surface area contributed by atoms with Crippen LogP contribution in [0.4, 0.5) is 0 Å². The highest BCUT2D eigenvalue weighted by atomic mass is 16.6. The van der Waals surface area contributed by atoms with Gasteiger partial charge in [0.15, 0.2) is 6.29 Å². The van der Waals surface area contributed by atoms with Gasteiger partial charge in [-0.25, -0.2) is 0 Å². The third-order valence-corrected chi connectivity index (χ3v) is 2.24. The minimum absolute atomic E-state index is 0.326. The van der Waals surface area contributed by atoms with Crippen molar-refractivity contribution < 1.29 is 24.9 Å². The van der Waals surface area contributed by atoms with Crippen LogP contribution < -0.4 is 5.32 Å². The zero-order chi connectivity index (χ0) is 10.9. The van der Waals surface area contributed by atoms with Gasteiger partial charge in [0.05, 0.1) is 12.1 Å². The van der Waals surface area contributed by atoms with Crippen LogP contribution in [0.2, 0.25) is 0 Å². The fourth-order valence-electron chi connectivity index (χ4n) is 1.48. The molecule has 6 nitrogen and oxygen atoms in total. The Hall–Kier alpha value is -0.690. The van der Waals surface area contributed by atoms with E-state index in [1.54, 1.807) is 6.92 Å². The number of hydrogen-bond donors (Lipinski definition) is 4. The maximum Gasteiger partial charge on any atom is 0.217 e. The van der Waals surface area contributed by atoms with Crippen molar-refractivity contribution in [3.05, 3.63) is 0 Å². The Morgan fingerprint density at radius 3 is 2.36 bits per heavy atom. The minimum atomic E-state index is -1.41. The van der Waals surface area contributed by atoms with E-state index in [-0.39, 0.29) is 5.91 Å². The predicted molar refractivity (Wildman–Crippen MR) is 46.2 cm³/mol. The molecular formula is C8H15NO5. The van der Waals surface area contributed by atoms with Gasteiger partial charge in [-0.15, -0.1) is 0 Å². The summed E-state index contributed by atoms with van der Waals surface area (Å²) in [7, 11) is 0. The zero-order valence-electron chi connectivity index (χ0n) is 8.04. The van der Waals surface area contributed by atoms with Gasteiger partial charge in [0.1, 0.15) is 12.2 Å². The van der Waals surface area contributed by atoms with Crippen LogP contribution >= 0.6 is 0 Å². The van der Waals surface area contributed by atoms with Gasteiger partial charge in [-0.05, 0) is 6.92 Å². The predicted octanol–water partition coefficient (Wildman–Crippen LogP) is -2.05. The van der Waals surface area contributed by atoms with Gasteiger partial charge < -0.3 is 25.4 Å². The molecule has 1 amide bonds. The molecule has 0 aromatic heterocycles. The van der Waals surface area contributed by atoms with E-state index in [0.717, 1.165) is 0 Å². The summed E-state index contributed by atoms with van der Waals surface area (Å²) in [5.41, 5.74) is 0. The highest BCUT2D eigenvalue weighted by Gasteiger charge is 2.42. The molecule has 0 bridgehead atoms. The Kier molecular flexibility index (Phi) is 3.43. The van der Waals surface area contributed by atoms with Crippen LogP contribution in [-0.2, 0) is 9.53 Å². The molecule has 0 aliphatic carbocycles. The molecular weight excluding hydrogens is 190 g/mol. The minimum Gasteiger partial charge on any atom is -0.388 e. The summed E-state index contributed by atoms with van der Waals surface area (Å²) < 4.78 is 4.91. The van der Waals surface area contributed by atoms with Crippen molar-refractivity contribution in [3.8, 4) is 0 Å². The third kappa shape index (κ3) is 2.21. The molecule has 5 atom stereocenters. The summed E-state index contributed by atoms with van der Waals surface area (Å²) in [4.78, 5) is 10.8. The Labute approximate surface area is 81.5 Å². The van der Waals surface area contributed by atoms with Gasteiger partial charge in [-0.1, -0.05) is 0 Å². The van der Waals surface area contributed by atoms with Crippen molar-refractivity contribution in [2.75, 3.05) is 0 Å². The SMILES string of the molecule is CC(=O)N[C@H]1[C@H](O)[C@H](O)[C@@H](O)O[C@@H]1C. The lowest BCUT2D eigenvalue weighted by Crippen LogP contribution is -2.62. The number of nitrogens with one attached hydrogen (secondary N) is 1. The van der Waals surface area contributed by atoms with Crippen LogP contribution in [0.1, 0.15) is 13.8 Å². The third-order valence-electron chi connectivity index (χ3n) is 2.24. The topological polar surface area (TPSA) is 99.0 Å². The van der Waals surface area contributed by atoms with Gasteiger partial charge in [-0.3, -0.25) is 4.79 Å². The van der Waals surface area contributed by atoms with E-state index >= 15 is 0 Å². The number of rotatable bonds is 1. The summed E-state index contributed by atoms with van der Waals surface area (Å²) in [5, 5.41) is 30.4. The lowest BCUT2D eigenvalue weighted by atomic mass is 9.97. The number of carbonyl (C=O) groups is 1. The van der Waals surface area contributed by atoms with Crippen molar-refractivity contribution in [3.63, 3.8) is 0 Å². The number of ether oxygens (including phenoxy) is 1. The van der Waals surface area contributed by atoms with E-state index in [2.05, 4.69) is 5.32 Å². The highest BCUT2D eigenvalue weighted by Crippen LogP contribution is 2.19. The van der Waals surface area contributed by atoms with Gasteiger partial charge in [-0.2, -0.15) is 0 Å². The normalized spacial score (nSPS) is 43.4. The van der Waals surface area contributed by atoms with Crippen LogP contribution in [0.3, 0.4) is 0 Å². The van der Waals surface area contributed by atoms with Crippen molar-refractivity contribution >= 4 is 5.91 Å². The van der Waals surface area contributed by atoms with Crippen molar-refractivity contribution in [1.29, 1.82) is 0 Å². The highest BCUT2D eigenvalue weighted by molar-refractivity contribution is 5.73. The average Bonchev–Trinajstić information content (AvgIpc) is 2.09. The molecule has 0 unspecified atom stereocenters. The molecule has 0 radical (unpaired) electrons. The smallest absolute Gasteiger partial charge is 0.217 e. The Balaban J connectivity index is 2.68. The van der Waals surface area contributed by atoms with Gasteiger partial charge >= 0.3 is 0 Å². The van der Waals surface area contributed by atoms with Crippen molar-refractivity contribution in [2.45, 2.75) is 44.5 Å². The second kappa shape index (κ2) is 4.22. The molecule has 4 N–H and O–H groups in total. The zero-order valence-corrected chi connectivity index (χ0v) is 8.04. The first-order valence-corrected chi connectivity index (χ1v) is 4.40. The number of aliphatic hydroxyl groups excluding tert-OH is 3. The number of hydrogen-bond acceptors (Lipinski definition) is 5. The Bertz CT molecular complexity index is 222. The number of carbonyl (C=O) groups excluding carboxylic acids is 1. The van der Waals surface area contributed by atoms with Crippen LogP contribution in [0.25, 0.3) is 0 Å². The molecule has 0 saturated carbocycles. The molecule has 1 saturated heterocycles. The van der Waals surface area contributed by atoms with E-state index in [1.165, 1.54) is 6.92 Å². The first-order chi connectivity index (χ1) is 6.43. The second-order valence-electron chi connectivity index (χ2n) is 3.44. The summed E-state index contributed by atoms with van der Waals surface area (Å²) in [6, 6.07) is -0.703. The van der Waals surface area contributed by atoms with E-state index < -0.39 is 30.6 Å². The maximum absolute atomic E-state index is 10.8. The molecule has 1 rings (SSSR count). The molecule has 82 valence electrons. The fraction of sp³-hybridized carbons (Fsp3) is 0.875. The van der Waals surface area contributed by atoms with E-state index in [0.29, 0.717) is 0 Å². The van der Waals surface area contributed by atoms with Crippen molar-refractivity contribution in [2.24, 2.45) is 0 Å². The lowest BCUT2D eigenvalue weighted by molar-refractivity contribution is -0.253. The van der Waals surface area contributed by atoms with E-state index in [9.17, 15) is 15.0 Å². The van der Waals surface area contributed by atoms with Crippen LogP contribution in [0.5, 0.6) is 0 Å². The fourth-order valence-corrected chi connectivity index (χ4v) is 1.48. The lowest BCUT2D eigenvalue weighted by Gasteiger charge is -2.39. The Morgan fingerprint density at radius 2 is 1.86 bits per heavy atom. The largest absolute Gasteiger partial charge is 0.388 e. The number of amides is 1. The van der Waals surface area contributed by atoms with Crippen LogP contribution in [0, 0.1) is 0 Å². The molecule has 0 aromatic carbocycles. The van der Waals surface area contributed by atoms with Gasteiger partial charge in [0, 0.05) is 6.92 Å². The molecule has 1 heterocycles. The molecule has 0 aromatic rings. The summed E-state index contributed by atoms with van der Waals surface area (Å²) in [5.74, 6) is -0.326. The Morgan fingerprint density at radius 1 is 1.29 bits per heavy atom. The molecule has 1 fully saturated rings. The number of aliphatic hydroxyl groups is 3. The standard InChI is InChI=1S/C8H15NO5/c1-3-5(9-4(2)10)6(11)7(12)8(13)14-3/h3,5-8,11-13H,1-2H3,(H,9,10)/t3-,5-,6+,7+,8+/m1/s1. The molecule has 14 heavy (non-hydrogen) atoms. The summed E-state index contributed by atoms with van der Waals surface area (Å²) in [6.45, 7) is 2.90. The first kappa shape index (κ1) is 11.4. The van der Waals surface area contributed by atoms with Crippen molar-refractivity contribution in [1.82, 2.24) is 5.32 Å². The molecule has 1 aliphatic rings. The van der Waals surface area contributed by atoms with Gasteiger partial charge in [0.25, 0.3) is 0 Å². The molecule has 6 heteroatoms. The second-order valence-corrected chi connectivity index (χ2v) is 3.44. The maximum atomic E-state index is 10.8. The van der Waals surface area contributed by atoms with E-state index in [1.807, 2.05) is 0 Å². The average molecular weight is 205 g/mol. The monoisotopic (exact) mass is 205 g/mol. The van der Waals surface area contributed by atoms with Crippen LogP contribution in [-0.4, -0.2) is 51.9 Å². The summed E-state index contributed by atoms with van der Waals surface area (Å²) >= 11 is 0. The molecule has 0 spiro atoms. The quantitative estimate of drug-likeness (QED) is 0.395. The van der Waals surface area contributed by atoms with Crippen LogP contribution in [0.15, 0.2) is 0 Å². The van der Waals surface area contributed by atoms with E-state index in [4.69, 9.17) is 9.84 Å².